The molecular weight excluding hydrogens is 272 g/mol. The summed E-state index contributed by atoms with van der Waals surface area (Å²) >= 11 is 0. The Kier molecular flexibility index (Phi) is 7.29. The second kappa shape index (κ2) is 9.00. The van der Waals surface area contributed by atoms with Crippen molar-refractivity contribution in [2.24, 2.45) is 0 Å². The highest BCUT2D eigenvalue weighted by Gasteiger charge is 2.11. The van der Waals surface area contributed by atoms with Gasteiger partial charge >= 0.3 is 5.97 Å². The van der Waals surface area contributed by atoms with Crippen molar-refractivity contribution in [2.75, 3.05) is 20.8 Å². The molecule has 1 aromatic carbocycles. The second-order valence-corrected chi connectivity index (χ2v) is 4.51. The van der Waals surface area contributed by atoms with E-state index >= 15 is 0 Å². The maximum atomic E-state index is 12.1. The van der Waals surface area contributed by atoms with Gasteiger partial charge in [0.2, 0.25) is 0 Å². The molecule has 0 amide bonds. The largest absolute Gasteiger partial charge is 0.493 e. The first kappa shape index (κ1) is 17.0. The molecule has 0 atom stereocenters. The number of hydrogen-bond acceptors (Lipinski definition) is 5. The predicted octanol–water partition coefficient (Wildman–Crippen LogP) is 3.01. The molecule has 0 aliphatic rings. The van der Waals surface area contributed by atoms with Crippen molar-refractivity contribution in [3.8, 4) is 11.5 Å². The fourth-order valence-corrected chi connectivity index (χ4v) is 1.94. The number of ether oxygens (including phenoxy) is 3. The number of carbonyl (C=O) groups is 2. The van der Waals surface area contributed by atoms with Crippen LogP contribution >= 0.6 is 0 Å². The summed E-state index contributed by atoms with van der Waals surface area (Å²) in [6.45, 7) is 2.17. The van der Waals surface area contributed by atoms with Crippen LogP contribution in [-0.2, 0) is 9.53 Å². The van der Waals surface area contributed by atoms with Gasteiger partial charge in [0.15, 0.2) is 17.3 Å². The number of methoxy groups -OCH3 is 2. The van der Waals surface area contributed by atoms with E-state index in [4.69, 9.17) is 14.2 Å². The summed E-state index contributed by atoms with van der Waals surface area (Å²) in [5.74, 6) is 0.946. The van der Waals surface area contributed by atoms with E-state index in [-0.39, 0.29) is 11.8 Å². The van der Waals surface area contributed by atoms with E-state index in [0.717, 1.165) is 0 Å². The summed E-state index contributed by atoms with van der Waals surface area (Å²) in [7, 11) is 3.08. The van der Waals surface area contributed by atoms with Gasteiger partial charge < -0.3 is 14.2 Å². The molecule has 0 bridgehead atoms. The van der Waals surface area contributed by atoms with Gasteiger partial charge in [0.25, 0.3) is 0 Å². The van der Waals surface area contributed by atoms with Gasteiger partial charge in [0, 0.05) is 18.4 Å². The smallest absolute Gasteiger partial charge is 0.305 e. The molecule has 0 saturated carbocycles. The van der Waals surface area contributed by atoms with Crippen LogP contribution in [0.1, 0.15) is 43.0 Å². The number of hydrogen-bond donors (Lipinski definition) is 0. The van der Waals surface area contributed by atoms with Crippen molar-refractivity contribution in [3.63, 3.8) is 0 Å². The van der Waals surface area contributed by atoms with Gasteiger partial charge in [-0.1, -0.05) is 0 Å². The van der Waals surface area contributed by atoms with Crippen LogP contribution in [0.3, 0.4) is 0 Å². The van der Waals surface area contributed by atoms with Crippen LogP contribution < -0.4 is 9.47 Å². The van der Waals surface area contributed by atoms with E-state index in [1.165, 1.54) is 7.11 Å². The standard InChI is InChI=1S/C16H22O5/c1-4-21-16(18)8-6-5-7-13(17)12-9-10-14(19-2)15(11-12)20-3/h9-11H,4-8H2,1-3H3. The molecule has 0 fully saturated rings. The van der Waals surface area contributed by atoms with E-state index in [2.05, 4.69) is 0 Å². The third kappa shape index (κ3) is 5.45. The summed E-state index contributed by atoms with van der Waals surface area (Å²) in [4.78, 5) is 23.2. The molecular formula is C16H22O5. The number of carbonyl (C=O) groups excluding carboxylic acids is 2. The first-order chi connectivity index (χ1) is 10.1. The molecule has 0 saturated heterocycles. The molecule has 0 aliphatic carbocycles. The van der Waals surface area contributed by atoms with E-state index in [0.29, 0.717) is 49.4 Å². The summed E-state index contributed by atoms with van der Waals surface area (Å²) in [5, 5.41) is 0. The third-order valence-electron chi connectivity index (χ3n) is 3.05. The normalized spacial score (nSPS) is 10.0. The second-order valence-electron chi connectivity index (χ2n) is 4.51. The van der Waals surface area contributed by atoms with Gasteiger partial charge in [0.1, 0.15) is 0 Å². The lowest BCUT2D eigenvalue weighted by molar-refractivity contribution is -0.143. The monoisotopic (exact) mass is 294 g/mol. The number of esters is 1. The number of unbranched alkanes of at least 4 members (excludes halogenated alkanes) is 1. The average Bonchev–Trinajstić information content (AvgIpc) is 2.50. The lowest BCUT2D eigenvalue weighted by Gasteiger charge is -2.09. The maximum Gasteiger partial charge on any atom is 0.305 e. The van der Waals surface area contributed by atoms with E-state index in [9.17, 15) is 9.59 Å². The van der Waals surface area contributed by atoms with Crippen LogP contribution in [0, 0.1) is 0 Å². The van der Waals surface area contributed by atoms with E-state index in [1.54, 1.807) is 32.2 Å². The number of rotatable bonds is 9. The van der Waals surface area contributed by atoms with Crippen molar-refractivity contribution in [1.82, 2.24) is 0 Å². The van der Waals surface area contributed by atoms with Crippen LogP contribution in [0.15, 0.2) is 18.2 Å². The van der Waals surface area contributed by atoms with Crippen LogP contribution in [0.25, 0.3) is 0 Å². The van der Waals surface area contributed by atoms with Gasteiger partial charge in [-0.15, -0.1) is 0 Å². The molecule has 0 spiro atoms. The molecule has 0 radical (unpaired) electrons. The van der Waals surface area contributed by atoms with Gasteiger partial charge in [0.05, 0.1) is 20.8 Å². The Morgan fingerprint density at radius 2 is 1.67 bits per heavy atom. The summed E-state index contributed by atoms with van der Waals surface area (Å²) < 4.78 is 15.1. The minimum Gasteiger partial charge on any atom is -0.493 e. The van der Waals surface area contributed by atoms with Crippen LogP contribution in [0.5, 0.6) is 11.5 Å². The Morgan fingerprint density at radius 1 is 1.00 bits per heavy atom. The Balaban J connectivity index is 2.47. The van der Waals surface area contributed by atoms with Crippen LogP contribution in [0.2, 0.25) is 0 Å². The van der Waals surface area contributed by atoms with Gasteiger partial charge in [-0.2, -0.15) is 0 Å². The summed E-state index contributed by atoms with van der Waals surface area (Å²) in [5.41, 5.74) is 0.587. The lowest BCUT2D eigenvalue weighted by atomic mass is 10.0. The molecule has 0 N–H and O–H groups in total. The quantitative estimate of drug-likeness (QED) is 0.398. The molecule has 1 rings (SSSR count). The van der Waals surface area contributed by atoms with Gasteiger partial charge in [-0.25, -0.2) is 0 Å². The highest BCUT2D eigenvalue weighted by atomic mass is 16.5. The van der Waals surface area contributed by atoms with E-state index in [1.807, 2.05) is 0 Å². The van der Waals surface area contributed by atoms with Gasteiger partial charge in [-0.3, -0.25) is 9.59 Å². The Morgan fingerprint density at radius 3 is 2.29 bits per heavy atom. The van der Waals surface area contributed by atoms with Crippen LogP contribution in [-0.4, -0.2) is 32.6 Å². The van der Waals surface area contributed by atoms with Crippen molar-refractivity contribution < 1.29 is 23.8 Å². The lowest BCUT2D eigenvalue weighted by Crippen LogP contribution is -2.04. The zero-order chi connectivity index (χ0) is 15.7. The topological polar surface area (TPSA) is 61.8 Å². The molecule has 1 aromatic rings. The number of Topliss-reactive ketones (excluding diaryl/α,β-unsaturated/α-hetero) is 1. The zero-order valence-corrected chi connectivity index (χ0v) is 12.8. The highest BCUT2D eigenvalue weighted by Crippen LogP contribution is 2.28. The summed E-state index contributed by atoms with van der Waals surface area (Å²) in [6.07, 6.45) is 2.06. The highest BCUT2D eigenvalue weighted by molar-refractivity contribution is 5.96. The zero-order valence-electron chi connectivity index (χ0n) is 12.8. The number of ketones is 1. The molecule has 0 unspecified atom stereocenters. The third-order valence-corrected chi connectivity index (χ3v) is 3.05. The Labute approximate surface area is 125 Å². The maximum absolute atomic E-state index is 12.1. The average molecular weight is 294 g/mol. The SMILES string of the molecule is CCOC(=O)CCCCC(=O)c1ccc(OC)c(OC)c1. The summed E-state index contributed by atoms with van der Waals surface area (Å²) in [6, 6.07) is 5.10. The molecule has 0 aliphatic heterocycles. The van der Waals surface area contributed by atoms with Crippen LogP contribution in [0.4, 0.5) is 0 Å². The Bertz CT molecular complexity index is 482. The molecule has 5 nitrogen and oxygen atoms in total. The molecule has 0 aromatic heterocycles. The van der Waals surface area contributed by atoms with E-state index < -0.39 is 0 Å². The predicted molar refractivity (Wildman–Crippen MR) is 79.0 cm³/mol. The van der Waals surface area contributed by atoms with Crippen molar-refractivity contribution in [2.45, 2.75) is 32.6 Å². The minimum atomic E-state index is -0.212. The first-order valence-electron chi connectivity index (χ1n) is 7.03. The number of benzene rings is 1. The fraction of sp³-hybridized carbons (Fsp3) is 0.500. The van der Waals surface area contributed by atoms with Crippen molar-refractivity contribution >= 4 is 11.8 Å². The Hall–Kier alpha value is -2.04. The first-order valence-corrected chi connectivity index (χ1v) is 7.03. The molecule has 116 valence electrons. The molecule has 5 heteroatoms. The minimum absolute atomic E-state index is 0.0276. The van der Waals surface area contributed by atoms with Crippen molar-refractivity contribution in [3.05, 3.63) is 23.8 Å². The fourth-order valence-electron chi connectivity index (χ4n) is 1.94. The van der Waals surface area contributed by atoms with Gasteiger partial charge in [-0.05, 0) is 38.0 Å². The molecule has 0 heterocycles. The van der Waals surface area contributed by atoms with Crippen molar-refractivity contribution in [1.29, 1.82) is 0 Å². The molecule has 21 heavy (non-hydrogen) atoms.